The summed E-state index contributed by atoms with van der Waals surface area (Å²) in [7, 11) is 7.92. The number of amides is 16. The molecule has 2 saturated carbocycles. The van der Waals surface area contributed by atoms with Crippen LogP contribution in [-0.2, 0) is 78.4 Å². The lowest BCUT2D eigenvalue weighted by Crippen LogP contribution is -2.61. The van der Waals surface area contributed by atoms with Crippen LogP contribution in [0, 0.1) is 17.8 Å². The molecule has 3 aromatic carbocycles. The lowest BCUT2D eigenvalue weighted by atomic mass is 10.0. The number of carbonyl (C=O) groups excluding carboxylic acids is 17. The van der Waals surface area contributed by atoms with Crippen LogP contribution in [0.25, 0.3) is 21.8 Å². The standard InChI is InChI=1S/C85H113N19O22S2/c1-44(2)63(98-68(108)56(91-49(7)105)26-19-20-32-86)71(111)95-57(27-21-33-88-81(87)120)67(107)92-53-30-28-50(29-31-53)40-125-82(121)99(8)34-35-100(9)83(122)126-62-37-52-23-16-18-25-55(52)94-65(62)73(113)97-59-42-123-79(118)84(38-45(84)3)103(12)76(116)60-43-128-78(127-14)66(102(11)75(115)48(6)90-70(59)110)77(117)104(13)85(39-46(85)4)80(119)124-41-58(69(109)89-47(5)74(114)101(60)10)96-72(112)64-61(106)36-51-22-15-17-24-54(51)93-64/h15-18,22-25,28-31,36-37,44-48,56-60,63,66,78,106H,19-21,26-27,32-35,38-43,86H2,1-14H3,(H,89,109)(H,90,110)(H,91,105)(H,92,107)(H,95,111)(H,96,112)(H,97,113)(H,98,108)(H3,87,88,120)/t45-,46-,47-,48-,56-,57-,58+,59+,60-,63-,66+,78+,84-,85-/m0/s1. The first kappa shape index (κ1) is 99.1. The Hall–Kier alpha value is -12.7. The van der Waals surface area contributed by atoms with Gasteiger partial charge in [0.2, 0.25) is 59.1 Å². The van der Waals surface area contributed by atoms with E-state index in [9.17, 15) is 62.6 Å². The molecule has 2 bridgehead atoms. The van der Waals surface area contributed by atoms with Crippen molar-refractivity contribution in [2.45, 2.75) is 170 Å². The summed E-state index contributed by atoms with van der Waals surface area (Å²) in [4.78, 5) is 257. The second kappa shape index (κ2) is 43.7. The number of esters is 2. The number of pyridine rings is 2. The number of rotatable bonds is 27. The Morgan fingerprint density at radius 3 is 1.69 bits per heavy atom. The largest absolute Gasteiger partial charge is 0.505 e. The number of nitrogens with one attached hydrogen (secondary N) is 9. The number of para-hydroxylation sites is 2. The van der Waals surface area contributed by atoms with Crippen LogP contribution in [0.15, 0.2) is 84.9 Å². The fourth-order valence-corrected chi connectivity index (χ4v) is 17.6. The molecule has 4 aliphatic rings. The first-order chi connectivity index (χ1) is 60.6. The van der Waals surface area contributed by atoms with Crippen molar-refractivity contribution >= 4 is 152 Å². The Morgan fingerprint density at radius 1 is 0.648 bits per heavy atom. The number of carbonyl (C=O) groups is 17. The quantitative estimate of drug-likeness (QED) is 0.0201. The average molecular weight is 1820 g/mol. The van der Waals surface area contributed by atoms with Crippen LogP contribution in [-0.4, -0.2) is 309 Å². The number of aromatic nitrogens is 2. The first-order valence-corrected chi connectivity index (χ1v) is 44.0. The van der Waals surface area contributed by atoms with Crippen molar-refractivity contribution in [2.75, 3.05) is 99.0 Å². The number of likely N-dealkylation sites (N-methyl/N-ethyl adjacent to an activating group) is 6. The third kappa shape index (κ3) is 24.0. The maximum Gasteiger partial charge on any atom is 0.415 e. The molecule has 692 valence electrons. The molecule has 128 heavy (non-hydrogen) atoms. The van der Waals surface area contributed by atoms with E-state index >= 15 is 24.0 Å². The fraction of sp³-hybridized carbons (Fsp3) is 0.518. The molecule has 2 aliphatic carbocycles. The smallest absolute Gasteiger partial charge is 0.415 e. The summed E-state index contributed by atoms with van der Waals surface area (Å²) >= 11 is 2.05. The molecule has 2 spiro atoms. The van der Waals surface area contributed by atoms with Gasteiger partial charge in [0.15, 0.2) is 17.1 Å². The zero-order valence-electron chi connectivity index (χ0n) is 73.8. The lowest BCUT2D eigenvalue weighted by molar-refractivity contribution is -0.161. The van der Waals surface area contributed by atoms with Crippen molar-refractivity contribution in [2.24, 2.45) is 29.2 Å². The number of cyclic esters (lactones) is 2. The Kier molecular flexibility index (Phi) is 33.8. The van der Waals surface area contributed by atoms with Crippen molar-refractivity contribution < 1.29 is 106 Å². The van der Waals surface area contributed by atoms with Gasteiger partial charge in [0.05, 0.1) is 15.6 Å². The van der Waals surface area contributed by atoms with E-state index in [1.54, 1.807) is 94.6 Å². The van der Waals surface area contributed by atoms with Gasteiger partial charge in [0, 0.05) is 91.1 Å². The molecule has 14 N–H and O–H groups in total. The molecular weight excluding hydrogens is 1700 g/mol. The zero-order valence-corrected chi connectivity index (χ0v) is 75.4. The number of benzene rings is 3. The fourth-order valence-electron chi connectivity index (χ4n) is 15.0. The van der Waals surface area contributed by atoms with Crippen LogP contribution in [0.2, 0.25) is 0 Å². The Bertz CT molecular complexity index is 5050. The summed E-state index contributed by atoms with van der Waals surface area (Å²) in [5.74, 6) is -15.5. The maximum absolute atomic E-state index is 15.7. The number of aromatic hydroxyl groups is 1. The van der Waals surface area contributed by atoms with Crippen LogP contribution in [0.3, 0.4) is 0 Å². The second-order valence-electron chi connectivity index (χ2n) is 32.7. The third-order valence-corrected chi connectivity index (χ3v) is 25.9. The predicted octanol–water partition coefficient (Wildman–Crippen LogP) is 1.40. The van der Waals surface area contributed by atoms with E-state index in [1.165, 1.54) is 92.2 Å². The Balaban J connectivity index is 0.898. The number of nitrogens with zero attached hydrogens (tertiary/aromatic N) is 8. The molecule has 5 aromatic rings. The minimum atomic E-state index is -1.93. The van der Waals surface area contributed by atoms with E-state index in [0.717, 1.165) is 48.0 Å². The SMILES string of the molecule is CS[C@@H]1SC[C@H]2C(=O)N(C)[C@]3(C[C@@H]3C)C(=O)OC[C@@H](NC(=O)c3nc4ccccc4cc3OC(=O)N(C)CCN(C)C(=O)OCc3ccc(NC(=O)[C@H](CCCNC(N)=O)NC(=O)[C@@H](NC(=O)[C@H](CCCCN)NC(C)=O)C(C)C)cc3)C(=O)N[C@@H](C)C(=O)N(C)[C@@H]1C(=O)N(C)[C@]1(C[C@@H]1C)C(=O)OC[C@@H](NC(=O)c1nc3ccccc3cc1O)C(=O)N[C@@H](C)C(=O)N2C. The maximum atomic E-state index is 15.7. The van der Waals surface area contributed by atoms with E-state index in [-0.39, 0.29) is 75.3 Å². The minimum absolute atomic E-state index is 0.00772. The molecule has 41 nitrogen and oxygen atoms in total. The molecular formula is C85H113N19O22S2. The lowest BCUT2D eigenvalue weighted by Gasteiger charge is -2.39. The number of unbranched alkanes of at least 4 members (excludes halogenated alkanes) is 1. The van der Waals surface area contributed by atoms with Gasteiger partial charge in [-0.2, -0.15) is 0 Å². The van der Waals surface area contributed by atoms with Gasteiger partial charge < -0.3 is 113 Å². The third-order valence-electron chi connectivity index (χ3n) is 23.1. The van der Waals surface area contributed by atoms with E-state index < -0.39 is 225 Å². The van der Waals surface area contributed by atoms with Gasteiger partial charge >= 0.3 is 30.2 Å². The van der Waals surface area contributed by atoms with Gasteiger partial charge in [-0.15, -0.1) is 23.5 Å². The van der Waals surface area contributed by atoms with Gasteiger partial charge in [-0.1, -0.05) is 76.2 Å². The number of anilines is 1. The first-order valence-electron chi connectivity index (χ1n) is 41.7. The van der Waals surface area contributed by atoms with Gasteiger partial charge in [-0.25, -0.2) is 33.9 Å². The molecule has 2 saturated heterocycles. The molecule has 43 heteroatoms. The molecule has 14 atom stereocenters. The number of nitrogens with two attached hydrogens (primary N) is 2. The van der Waals surface area contributed by atoms with Crippen LogP contribution in [0.4, 0.5) is 20.1 Å². The van der Waals surface area contributed by atoms with Crippen molar-refractivity contribution in [3.63, 3.8) is 0 Å². The molecule has 2 aromatic heterocycles. The molecule has 16 amide bonds. The van der Waals surface area contributed by atoms with Crippen LogP contribution < -0.4 is 64.1 Å². The van der Waals surface area contributed by atoms with E-state index in [1.807, 2.05) is 0 Å². The Morgan fingerprint density at radius 2 is 1.16 bits per heavy atom. The van der Waals surface area contributed by atoms with Gasteiger partial charge in [0.25, 0.3) is 11.8 Å². The highest BCUT2D eigenvalue weighted by molar-refractivity contribution is 8.16. The number of fused-ring (bicyclic) bond motifs is 6. The second-order valence-corrected chi connectivity index (χ2v) is 35.1. The summed E-state index contributed by atoms with van der Waals surface area (Å²) in [5, 5.41) is 35.2. The number of ether oxygens (including phenoxy) is 4. The summed E-state index contributed by atoms with van der Waals surface area (Å²) < 4.78 is 22.2. The van der Waals surface area contributed by atoms with Gasteiger partial charge in [0.1, 0.15) is 91.0 Å². The highest BCUT2D eigenvalue weighted by atomic mass is 32.2. The van der Waals surface area contributed by atoms with Crippen LogP contribution in [0.5, 0.6) is 11.5 Å². The van der Waals surface area contributed by atoms with Crippen molar-refractivity contribution in [1.29, 1.82) is 0 Å². The Labute approximate surface area is 747 Å². The van der Waals surface area contributed by atoms with Gasteiger partial charge in [-0.05, 0) is 131 Å². The molecule has 2 aliphatic heterocycles. The monoisotopic (exact) mass is 1820 g/mol. The van der Waals surface area contributed by atoms with Crippen molar-refractivity contribution in [1.82, 2.24) is 81.9 Å². The highest BCUT2D eigenvalue weighted by Crippen LogP contribution is 2.51. The average Bonchev–Trinajstić information content (AvgIpc) is 1.57. The molecule has 9 rings (SSSR count). The summed E-state index contributed by atoms with van der Waals surface area (Å²) in [6.07, 6.45) is 1.33. The normalized spacial score (nSPS) is 23.3. The molecule has 4 fully saturated rings. The predicted molar refractivity (Wildman–Crippen MR) is 469 cm³/mol. The number of thioether (sulfide) groups is 2. The number of primary amides is 1. The number of urea groups is 1. The van der Waals surface area contributed by atoms with Crippen molar-refractivity contribution in [3.8, 4) is 11.5 Å². The van der Waals surface area contributed by atoms with E-state index in [2.05, 4.69) is 57.8 Å². The minimum Gasteiger partial charge on any atom is -0.505 e. The summed E-state index contributed by atoms with van der Waals surface area (Å²) in [6.45, 7) is 8.50. The zero-order chi connectivity index (χ0) is 94.1. The topological polar surface area (TPSA) is 553 Å². The van der Waals surface area contributed by atoms with Gasteiger partial charge in [-0.3, -0.25) is 57.5 Å². The highest BCUT2D eigenvalue weighted by Gasteiger charge is 2.66. The van der Waals surface area contributed by atoms with Crippen LogP contribution in [0.1, 0.15) is 120 Å². The summed E-state index contributed by atoms with van der Waals surface area (Å²) in [5.41, 5.74) is 7.54. The van der Waals surface area contributed by atoms with E-state index in [4.69, 9.17) is 30.4 Å². The summed E-state index contributed by atoms with van der Waals surface area (Å²) in [6, 6.07) is 7.78. The molecule has 0 radical (unpaired) electrons. The molecule has 0 unspecified atom stereocenters. The number of hydrogen-bond donors (Lipinski definition) is 12. The molecule has 4 heterocycles. The number of hydrogen-bond acceptors (Lipinski definition) is 27. The van der Waals surface area contributed by atoms with Crippen molar-refractivity contribution in [3.05, 3.63) is 102 Å². The van der Waals surface area contributed by atoms with Crippen LogP contribution >= 0.6 is 23.5 Å². The van der Waals surface area contributed by atoms with E-state index in [0.29, 0.717) is 41.2 Å².